The highest BCUT2D eigenvalue weighted by Crippen LogP contribution is 2.28. The van der Waals surface area contributed by atoms with Crippen LogP contribution in [0.1, 0.15) is 54.5 Å². The minimum absolute atomic E-state index is 0. The molecule has 2 aromatic rings. The second kappa shape index (κ2) is 7.58. The smallest absolute Gasteiger partial charge is 0.272 e. The Morgan fingerprint density at radius 1 is 1.28 bits per heavy atom. The van der Waals surface area contributed by atoms with Crippen LogP contribution in [0, 0.1) is 0 Å². The lowest BCUT2D eigenvalue weighted by Gasteiger charge is -2.18. The fourth-order valence-corrected chi connectivity index (χ4v) is 3.10. The Kier molecular flexibility index (Phi) is 5.91. The molecule has 1 aromatic carbocycles. The monoisotopic (exact) mass is 362 g/mol. The van der Waals surface area contributed by atoms with Crippen molar-refractivity contribution in [2.75, 3.05) is 6.54 Å². The molecule has 0 saturated heterocycles. The van der Waals surface area contributed by atoms with Crippen LogP contribution in [-0.4, -0.2) is 27.8 Å². The van der Waals surface area contributed by atoms with Crippen molar-refractivity contribution in [2.45, 2.75) is 52.0 Å². The molecule has 1 aromatic heterocycles. The number of amides is 1. The fraction of sp³-hybridized carbons (Fsp3) is 0.474. The van der Waals surface area contributed by atoms with E-state index in [9.17, 15) is 4.79 Å². The van der Waals surface area contributed by atoms with Gasteiger partial charge in [-0.05, 0) is 57.2 Å². The summed E-state index contributed by atoms with van der Waals surface area (Å²) in [7, 11) is 0. The molecule has 3 rings (SSSR count). The SMILES string of the molecule is CCc1ccc(-n2nc(C(=O)NCC(C)(C)N)c3c2CCC3)cc1.Cl. The minimum Gasteiger partial charge on any atom is -0.349 e. The van der Waals surface area contributed by atoms with E-state index in [4.69, 9.17) is 5.73 Å². The van der Waals surface area contributed by atoms with Gasteiger partial charge in [0.1, 0.15) is 0 Å². The summed E-state index contributed by atoms with van der Waals surface area (Å²) in [6.45, 7) is 6.36. The molecule has 1 aliphatic carbocycles. The normalized spacial score (nSPS) is 13.3. The Labute approximate surface area is 155 Å². The maximum Gasteiger partial charge on any atom is 0.272 e. The number of hydrogen-bond acceptors (Lipinski definition) is 3. The van der Waals surface area contributed by atoms with E-state index in [-0.39, 0.29) is 18.3 Å². The Balaban J connectivity index is 0.00000225. The molecule has 6 heteroatoms. The van der Waals surface area contributed by atoms with Crippen LogP contribution < -0.4 is 11.1 Å². The van der Waals surface area contributed by atoms with Gasteiger partial charge in [0.05, 0.1) is 5.69 Å². The van der Waals surface area contributed by atoms with Crippen molar-refractivity contribution in [3.8, 4) is 5.69 Å². The van der Waals surface area contributed by atoms with Gasteiger partial charge in [-0.15, -0.1) is 12.4 Å². The van der Waals surface area contributed by atoms with Crippen LogP contribution in [0.25, 0.3) is 5.69 Å². The average Bonchev–Trinajstić information content (AvgIpc) is 3.14. The molecule has 0 radical (unpaired) electrons. The molecule has 0 unspecified atom stereocenters. The molecule has 1 aliphatic rings. The summed E-state index contributed by atoms with van der Waals surface area (Å²) in [4.78, 5) is 12.6. The van der Waals surface area contributed by atoms with Gasteiger partial charge in [-0.3, -0.25) is 4.79 Å². The average molecular weight is 363 g/mol. The molecule has 0 saturated carbocycles. The number of halogens is 1. The van der Waals surface area contributed by atoms with E-state index in [1.165, 1.54) is 5.56 Å². The molecule has 0 aliphatic heterocycles. The Morgan fingerprint density at radius 3 is 2.56 bits per heavy atom. The van der Waals surface area contributed by atoms with Crippen molar-refractivity contribution in [1.82, 2.24) is 15.1 Å². The summed E-state index contributed by atoms with van der Waals surface area (Å²) in [5.74, 6) is -0.129. The largest absolute Gasteiger partial charge is 0.349 e. The van der Waals surface area contributed by atoms with Gasteiger partial charge in [-0.2, -0.15) is 5.10 Å². The van der Waals surface area contributed by atoms with E-state index >= 15 is 0 Å². The van der Waals surface area contributed by atoms with Crippen LogP contribution in [0.15, 0.2) is 24.3 Å². The molecule has 0 fully saturated rings. The molecule has 3 N–H and O–H groups in total. The second-order valence-corrected chi connectivity index (χ2v) is 7.23. The molecule has 5 nitrogen and oxygen atoms in total. The highest BCUT2D eigenvalue weighted by Gasteiger charge is 2.27. The van der Waals surface area contributed by atoms with Gasteiger partial charge < -0.3 is 11.1 Å². The van der Waals surface area contributed by atoms with Crippen LogP contribution >= 0.6 is 12.4 Å². The number of nitrogens with two attached hydrogens (primary N) is 1. The summed E-state index contributed by atoms with van der Waals surface area (Å²) >= 11 is 0. The first kappa shape index (κ1) is 19.5. The Hall–Kier alpha value is -1.85. The van der Waals surface area contributed by atoms with Crippen molar-refractivity contribution in [3.05, 3.63) is 46.8 Å². The molecule has 25 heavy (non-hydrogen) atoms. The van der Waals surface area contributed by atoms with E-state index < -0.39 is 5.54 Å². The number of rotatable bonds is 5. The van der Waals surface area contributed by atoms with Crippen molar-refractivity contribution in [1.29, 1.82) is 0 Å². The van der Waals surface area contributed by atoms with Crippen molar-refractivity contribution in [2.24, 2.45) is 5.73 Å². The van der Waals surface area contributed by atoms with Gasteiger partial charge in [0.25, 0.3) is 5.91 Å². The molecular formula is C19H27ClN4O. The van der Waals surface area contributed by atoms with Gasteiger partial charge in [0, 0.05) is 23.3 Å². The molecule has 0 atom stereocenters. The van der Waals surface area contributed by atoms with Gasteiger partial charge in [0.15, 0.2) is 5.69 Å². The Morgan fingerprint density at radius 2 is 1.96 bits per heavy atom. The molecule has 136 valence electrons. The second-order valence-electron chi connectivity index (χ2n) is 7.23. The number of benzene rings is 1. The first-order valence-electron chi connectivity index (χ1n) is 8.66. The zero-order valence-corrected chi connectivity index (χ0v) is 15.9. The standard InChI is InChI=1S/C19H26N4O.ClH/c1-4-13-8-10-14(11-9-13)23-16-7-5-6-15(16)17(22-23)18(24)21-12-19(2,3)20;/h8-11H,4-7,12,20H2,1-3H3,(H,21,24);1H. The molecule has 0 bridgehead atoms. The predicted molar refractivity (Wildman–Crippen MR) is 103 cm³/mol. The van der Waals surface area contributed by atoms with E-state index in [1.54, 1.807) is 0 Å². The number of nitrogens with zero attached hydrogens (tertiary/aromatic N) is 2. The van der Waals surface area contributed by atoms with Crippen LogP contribution in [0.3, 0.4) is 0 Å². The number of fused-ring (bicyclic) bond motifs is 1. The molecule has 1 heterocycles. The maximum absolute atomic E-state index is 12.6. The third-order valence-corrected chi connectivity index (χ3v) is 4.44. The maximum atomic E-state index is 12.6. The number of aromatic nitrogens is 2. The van der Waals surface area contributed by atoms with Crippen molar-refractivity contribution in [3.63, 3.8) is 0 Å². The minimum atomic E-state index is -0.433. The lowest BCUT2D eigenvalue weighted by molar-refractivity contribution is 0.0939. The number of nitrogens with one attached hydrogen (secondary N) is 1. The summed E-state index contributed by atoms with van der Waals surface area (Å²) in [5, 5.41) is 7.53. The van der Waals surface area contributed by atoms with E-state index in [0.29, 0.717) is 12.2 Å². The lowest BCUT2D eigenvalue weighted by atomic mass is 10.1. The van der Waals surface area contributed by atoms with Gasteiger partial charge in [0.2, 0.25) is 0 Å². The fourth-order valence-electron chi connectivity index (χ4n) is 3.10. The third kappa shape index (κ3) is 4.22. The number of aryl methyl sites for hydroxylation is 1. The van der Waals surface area contributed by atoms with Gasteiger partial charge >= 0.3 is 0 Å². The topological polar surface area (TPSA) is 72.9 Å². The highest BCUT2D eigenvalue weighted by molar-refractivity contribution is 5.94. The quantitative estimate of drug-likeness (QED) is 0.859. The van der Waals surface area contributed by atoms with Gasteiger partial charge in [-0.25, -0.2) is 4.68 Å². The summed E-state index contributed by atoms with van der Waals surface area (Å²) in [6.07, 6.45) is 3.97. The zero-order valence-electron chi connectivity index (χ0n) is 15.1. The number of carbonyl (C=O) groups excluding carboxylic acids is 1. The van der Waals surface area contributed by atoms with E-state index in [2.05, 4.69) is 41.6 Å². The zero-order chi connectivity index (χ0) is 17.3. The Bertz CT molecular complexity index is 744. The van der Waals surface area contributed by atoms with Gasteiger partial charge in [-0.1, -0.05) is 19.1 Å². The first-order valence-corrected chi connectivity index (χ1v) is 8.66. The van der Waals surface area contributed by atoms with Crippen LogP contribution in [0.4, 0.5) is 0 Å². The first-order chi connectivity index (χ1) is 11.4. The lowest BCUT2D eigenvalue weighted by Crippen LogP contribution is -2.45. The highest BCUT2D eigenvalue weighted by atomic mass is 35.5. The number of carbonyl (C=O) groups is 1. The summed E-state index contributed by atoms with van der Waals surface area (Å²) in [6, 6.07) is 8.40. The van der Waals surface area contributed by atoms with E-state index in [0.717, 1.165) is 42.6 Å². The third-order valence-electron chi connectivity index (χ3n) is 4.44. The van der Waals surface area contributed by atoms with Crippen molar-refractivity contribution < 1.29 is 4.79 Å². The van der Waals surface area contributed by atoms with Crippen LogP contribution in [0.5, 0.6) is 0 Å². The van der Waals surface area contributed by atoms with Crippen molar-refractivity contribution >= 4 is 18.3 Å². The predicted octanol–water partition coefficient (Wildman–Crippen LogP) is 2.81. The molecule has 0 spiro atoms. The number of hydrogen-bond donors (Lipinski definition) is 2. The molecular weight excluding hydrogens is 336 g/mol. The summed E-state index contributed by atoms with van der Waals surface area (Å²) < 4.78 is 1.93. The van der Waals surface area contributed by atoms with Crippen LogP contribution in [-0.2, 0) is 19.3 Å². The van der Waals surface area contributed by atoms with E-state index in [1.807, 2.05) is 18.5 Å². The van der Waals surface area contributed by atoms with Crippen LogP contribution in [0.2, 0.25) is 0 Å². The molecule has 1 amide bonds. The summed E-state index contributed by atoms with van der Waals surface area (Å²) in [5.41, 5.74) is 10.6.